The average Bonchev–Trinajstić information content (AvgIpc) is 2.55. The molecule has 0 spiro atoms. The largest absolute Gasteiger partial charge is 0.497 e. The zero-order valence-electron chi connectivity index (χ0n) is 12.4. The van der Waals surface area contributed by atoms with Crippen LogP contribution in [0.1, 0.15) is 18.5 Å². The van der Waals surface area contributed by atoms with E-state index in [4.69, 9.17) is 4.74 Å². The van der Waals surface area contributed by atoms with Crippen LogP contribution in [0.2, 0.25) is 0 Å². The molecule has 0 saturated heterocycles. The summed E-state index contributed by atoms with van der Waals surface area (Å²) in [6, 6.07) is 12.1. The summed E-state index contributed by atoms with van der Waals surface area (Å²) >= 11 is 0. The normalized spacial score (nSPS) is 12.1. The SMILES string of the molecule is COc1ccc2c(N[C@H](C)c3ccc(F)cc3)ncnc2c1. The van der Waals surface area contributed by atoms with E-state index in [0.29, 0.717) is 0 Å². The third-order valence-corrected chi connectivity index (χ3v) is 3.57. The predicted octanol–water partition coefficient (Wildman–Crippen LogP) is 3.95. The van der Waals surface area contributed by atoms with Gasteiger partial charge in [-0.2, -0.15) is 0 Å². The van der Waals surface area contributed by atoms with Crippen LogP contribution in [0.25, 0.3) is 10.9 Å². The second-order valence-electron chi connectivity index (χ2n) is 5.02. The summed E-state index contributed by atoms with van der Waals surface area (Å²) in [7, 11) is 1.62. The first-order valence-corrected chi connectivity index (χ1v) is 6.98. The predicted molar refractivity (Wildman–Crippen MR) is 84.5 cm³/mol. The van der Waals surface area contributed by atoms with Crippen LogP contribution in [0.4, 0.5) is 10.2 Å². The Morgan fingerprint density at radius 1 is 1.09 bits per heavy atom. The summed E-state index contributed by atoms with van der Waals surface area (Å²) < 4.78 is 18.2. The molecule has 0 aliphatic heterocycles. The van der Waals surface area contributed by atoms with Crippen LogP contribution < -0.4 is 10.1 Å². The molecular weight excluding hydrogens is 281 g/mol. The third kappa shape index (κ3) is 2.83. The Morgan fingerprint density at radius 3 is 2.59 bits per heavy atom. The van der Waals surface area contributed by atoms with Crippen LogP contribution in [0.15, 0.2) is 48.8 Å². The summed E-state index contributed by atoms with van der Waals surface area (Å²) in [4.78, 5) is 8.57. The van der Waals surface area contributed by atoms with E-state index in [1.165, 1.54) is 18.5 Å². The Hall–Kier alpha value is -2.69. The first kappa shape index (κ1) is 14.3. The van der Waals surface area contributed by atoms with E-state index in [1.807, 2.05) is 25.1 Å². The van der Waals surface area contributed by atoms with E-state index < -0.39 is 0 Å². The summed E-state index contributed by atoms with van der Waals surface area (Å²) in [6.07, 6.45) is 1.52. The number of nitrogens with one attached hydrogen (secondary N) is 1. The van der Waals surface area contributed by atoms with Crippen LogP contribution in [0.3, 0.4) is 0 Å². The molecule has 22 heavy (non-hydrogen) atoms. The smallest absolute Gasteiger partial charge is 0.137 e. The molecule has 5 heteroatoms. The lowest BCUT2D eigenvalue weighted by molar-refractivity contribution is 0.415. The van der Waals surface area contributed by atoms with Crippen molar-refractivity contribution in [1.82, 2.24) is 9.97 Å². The van der Waals surface area contributed by atoms with E-state index in [-0.39, 0.29) is 11.9 Å². The van der Waals surface area contributed by atoms with Crippen LogP contribution >= 0.6 is 0 Å². The minimum absolute atomic E-state index is 0.000742. The van der Waals surface area contributed by atoms with Crippen LogP contribution in [0, 0.1) is 5.82 Å². The maximum atomic E-state index is 13.0. The second-order valence-corrected chi connectivity index (χ2v) is 5.02. The molecule has 3 aromatic rings. The van der Waals surface area contributed by atoms with Gasteiger partial charge in [-0.1, -0.05) is 12.1 Å². The number of hydrogen-bond donors (Lipinski definition) is 1. The van der Waals surface area contributed by atoms with Crippen LogP contribution in [0.5, 0.6) is 5.75 Å². The first-order chi connectivity index (χ1) is 10.7. The van der Waals surface area contributed by atoms with Gasteiger partial charge in [0.05, 0.1) is 12.6 Å². The van der Waals surface area contributed by atoms with Gasteiger partial charge >= 0.3 is 0 Å². The van der Waals surface area contributed by atoms with Gasteiger partial charge in [-0.15, -0.1) is 0 Å². The van der Waals surface area contributed by atoms with E-state index in [1.54, 1.807) is 19.2 Å². The number of rotatable bonds is 4. The van der Waals surface area contributed by atoms with Gasteiger partial charge < -0.3 is 10.1 Å². The molecule has 0 unspecified atom stereocenters. The average molecular weight is 297 g/mol. The van der Waals surface area contributed by atoms with Gasteiger partial charge in [-0.05, 0) is 36.8 Å². The third-order valence-electron chi connectivity index (χ3n) is 3.57. The first-order valence-electron chi connectivity index (χ1n) is 6.98. The van der Waals surface area contributed by atoms with E-state index in [9.17, 15) is 4.39 Å². The van der Waals surface area contributed by atoms with Crippen molar-refractivity contribution in [1.29, 1.82) is 0 Å². The molecule has 0 fully saturated rings. The van der Waals surface area contributed by atoms with E-state index >= 15 is 0 Å². The molecule has 3 rings (SSSR count). The van der Waals surface area contributed by atoms with Gasteiger partial charge in [0, 0.05) is 17.5 Å². The molecule has 0 radical (unpaired) electrons. The monoisotopic (exact) mass is 297 g/mol. The highest BCUT2D eigenvalue weighted by molar-refractivity contribution is 5.89. The molecule has 1 aromatic heterocycles. The highest BCUT2D eigenvalue weighted by Crippen LogP contribution is 2.26. The minimum Gasteiger partial charge on any atom is -0.497 e. The molecule has 2 aromatic carbocycles. The number of nitrogens with zero attached hydrogens (tertiary/aromatic N) is 2. The van der Waals surface area contributed by atoms with Crippen molar-refractivity contribution >= 4 is 16.7 Å². The molecule has 1 atom stereocenters. The number of fused-ring (bicyclic) bond motifs is 1. The summed E-state index contributed by atoms with van der Waals surface area (Å²) in [5, 5.41) is 4.26. The van der Waals surface area contributed by atoms with Gasteiger partial charge in [0.1, 0.15) is 23.7 Å². The molecule has 4 nitrogen and oxygen atoms in total. The van der Waals surface area contributed by atoms with Gasteiger partial charge in [0.15, 0.2) is 0 Å². The summed E-state index contributed by atoms with van der Waals surface area (Å²) in [6.45, 7) is 2.00. The number of hydrogen-bond acceptors (Lipinski definition) is 4. The number of aromatic nitrogens is 2. The zero-order chi connectivity index (χ0) is 15.5. The summed E-state index contributed by atoms with van der Waals surface area (Å²) in [5.74, 6) is 1.25. The Morgan fingerprint density at radius 2 is 1.86 bits per heavy atom. The van der Waals surface area contributed by atoms with Crippen molar-refractivity contribution < 1.29 is 9.13 Å². The van der Waals surface area contributed by atoms with Crippen molar-refractivity contribution in [3.63, 3.8) is 0 Å². The quantitative estimate of drug-likeness (QED) is 0.792. The fourth-order valence-electron chi connectivity index (χ4n) is 2.32. The van der Waals surface area contributed by atoms with Crippen LogP contribution in [-0.4, -0.2) is 17.1 Å². The van der Waals surface area contributed by atoms with Gasteiger partial charge in [0.25, 0.3) is 0 Å². The Balaban J connectivity index is 1.91. The van der Waals surface area contributed by atoms with Gasteiger partial charge in [-0.3, -0.25) is 0 Å². The van der Waals surface area contributed by atoms with Gasteiger partial charge in [0.2, 0.25) is 0 Å². The molecule has 0 amide bonds. The summed E-state index contributed by atoms with van der Waals surface area (Å²) in [5.41, 5.74) is 1.80. The standard InChI is InChI=1S/C17H16FN3O/c1-11(12-3-5-13(18)6-4-12)21-17-15-8-7-14(22-2)9-16(15)19-10-20-17/h3-11H,1-2H3,(H,19,20,21)/t11-/m1/s1. The van der Waals surface area contributed by atoms with Crippen molar-refractivity contribution in [2.75, 3.05) is 12.4 Å². The van der Waals surface area contributed by atoms with Crippen molar-refractivity contribution in [3.05, 3.63) is 60.2 Å². The molecule has 0 aliphatic carbocycles. The molecule has 0 saturated carbocycles. The van der Waals surface area contributed by atoms with Crippen molar-refractivity contribution in [2.45, 2.75) is 13.0 Å². The highest BCUT2D eigenvalue weighted by atomic mass is 19.1. The lowest BCUT2D eigenvalue weighted by Crippen LogP contribution is -2.08. The topological polar surface area (TPSA) is 47.0 Å². The molecular formula is C17H16FN3O. The van der Waals surface area contributed by atoms with Crippen LogP contribution in [-0.2, 0) is 0 Å². The fraction of sp³-hybridized carbons (Fsp3) is 0.176. The Kier molecular flexibility index (Phi) is 3.87. The maximum absolute atomic E-state index is 13.0. The lowest BCUT2D eigenvalue weighted by atomic mass is 10.1. The molecule has 1 N–H and O–H groups in total. The second kappa shape index (κ2) is 5.97. The zero-order valence-corrected chi connectivity index (χ0v) is 12.4. The minimum atomic E-state index is -0.240. The molecule has 0 bridgehead atoms. The maximum Gasteiger partial charge on any atom is 0.137 e. The fourth-order valence-corrected chi connectivity index (χ4v) is 2.32. The van der Waals surface area contributed by atoms with Gasteiger partial charge in [-0.25, -0.2) is 14.4 Å². The number of benzene rings is 2. The van der Waals surface area contributed by atoms with Crippen molar-refractivity contribution in [3.8, 4) is 5.75 Å². The Labute approximate surface area is 128 Å². The number of ether oxygens (including phenoxy) is 1. The molecule has 112 valence electrons. The number of anilines is 1. The van der Waals surface area contributed by atoms with Crippen molar-refractivity contribution in [2.24, 2.45) is 0 Å². The number of halogens is 1. The molecule has 1 heterocycles. The number of methoxy groups -OCH3 is 1. The van der Waals surface area contributed by atoms with E-state index in [0.717, 1.165) is 28.0 Å². The Bertz CT molecular complexity index is 790. The highest BCUT2D eigenvalue weighted by Gasteiger charge is 2.10. The lowest BCUT2D eigenvalue weighted by Gasteiger charge is -2.16. The van der Waals surface area contributed by atoms with E-state index in [2.05, 4.69) is 15.3 Å². The molecule has 0 aliphatic rings.